The van der Waals surface area contributed by atoms with Crippen LogP contribution in [0.5, 0.6) is 0 Å². The minimum absolute atomic E-state index is 0.507. The molecule has 2 rings (SSSR count). The predicted molar refractivity (Wildman–Crippen MR) is 50.9 cm³/mol. The van der Waals surface area contributed by atoms with Crippen LogP contribution < -0.4 is 5.32 Å². The van der Waals surface area contributed by atoms with E-state index in [4.69, 9.17) is 0 Å². The van der Waals surface area contributed by atoms with Crippen LogP contribution in [-0.4, -0.2) is 16.3 Å². The number of halogens is 1. The number of nitrogens with zero attached hydrogens (tertiary/aromatic N) is 2. The number of rotatable bonds is 1. The van der Waals surface area contributed by atoms with Gasteiger partial charge in [-0.3, -0.25) is 4.68 Å². The van der Waals surface area contributed by atoms with Crippen LogP contribution in [0.3, 0.4) is 0 Å². The smallest absolute Gasteiger partial charge is 0.108 e. The third kappa shape index (κ3) is 1.29. The minimum Gasteiger partial charge on any atom is -0.310 e. The van der Waals surface area contributed by atoms with Gasteiger partial charge in [-0.15, -0.1) is 0 Å². The first-order valence-corrected chi connectivity index (χ1v) is 4.99. The van der Waals surface area contributed by atoms with Gasteiger partial charge < -0.3 is 5.32 Å². The summed E-state index contributed by atoms with van der Waals surface area (Å²) in [5.41, 5.74) is 1.29. The van der Waals surface area contributed by atoms with Crippen LogP contribution in [-0.2, 0) is 7.05 Å². The van der Waals surface area contributed by atoms with Gasteiger partial charge in [0.1, 0.15) is 4.60 Å². The SMILES string of the molecule is Cn1ncc(C2CCCN2)c1Br. The Hall–Kier alpha value is -0.350. The Morgan fingerprint density at radius 3 is 3.08 bits per heavy atom. The molecule has 1 aliphatic heterocycles. The normalized spacial score (nSPS) is 23.3. The van der Waals surface area contributed by atoms with E-state index in [1.807, 2.05) is 17.9 Å². The van der Waals surface area contributed by atoms with Gasteiger partial charge >= 0.3 is 0 Å². The molecule has 0 saturated carbocycles. The van der Waals surface area contributed by atoms with Crippen molar-refractivity contribution < 1.29 is 0 Å². The molecule has 0 aromatic carbocycles. The van der Waals surface area contributed by atoms with Crippen LogP contribution in [0.1, 0.15) is 24.4 Å². The zero-order valence-electron chi connectivity index (χ0n) is 7.05. The highest BCUT2D eigenvalue weighted by Gasteiger charge is 2.20. The summed E-state index contributed by atoms with van der Waals surface area (Å²) < 4.78 is 2.96. The van der Waals surface area contributed by atoms with Crippen LogP contribution in [0.25, 0.3) is 0 Å². The summed E-state index contributed by atoms with van der Waals surface area (Å²) in [7, 11) is 1.95. The van der Waals surface area contributed by atoms with Gasteiger partial charge in [0, 0.05) is 18.7 Å². The predicted octanol–water partition coefficient (Wildman–Crippen LogP) is 1.61. The molecule has 0 amide bonds. The largest absolute Gasteiger partial charge is 0.310 e. The van der Waals surface area contributed by atoms with Crippen LogP contribution in [0.4, 0.5) is 0 Å². The Bertz CT molecular complexity index is 276. The fourth-order valence-corrected chi connectivity index (χ4v) is 2.09. The minimum atomic E-state index is 0.507. The van der Waals surface area contributed by atoms with E-state index >= 15 is 0 Å². The summed E-state index contributed by atoms with van der Waals surface area (Å²) in [5.74, 6) is 0. The molecule has 0 aliphatic carbocycles. The average molecular weight is 230 g/mol. The van der Waals surface area contributed by atoms with Gasteiger partial charge in [0.2, 0.25) is 0 Å². The third-order valence-corrected chi connectivity index (χ3v) is 3.30. The van der Waals surface area contributed by atoms with Crippen molar-refractivity contribution in [2.45, 2.75) is 18.9 Å². The van der Waals surface area contributed by atoms with Crippen molar-refractivity contribution in [3.8, 4) is 0 Å². The summed E-state index contributed by atoms with van der Waals surface area (Å²) in [4.78, 5) is 0. The highest BCUT2D eigenvalue weighted by molar-refractivity contribution is 9.10. The second kappa shape index (κ2) is 3.18. The molecule has 1 aromatic rings. The van der Waals surface area contributed by atoms with E-state index in [9.17, 15) is 0 Å². The lowest BCUT2D eigenvalue weighted by Gasteiger charge is -2.07. The quantitative estimate of drug-likeness (QED) is 0.794. The molecule has 0 spiro atoms. The summed E-state index contributed by atoms with van der Waals surface area (Å²) in [5, 5.41) is 7.63. The molecule has 3 nitrogen and oxygen atoms in total. The zero-order chi connectivity index (χ0) is 8.55. The van der Waals surface area contributed by atoms with E-state index in [2.05, 4.69) is 26.3 Å². The molecule has 1 saturated heterocycles. The first-order valence-electron chi connectivity index (χ1n) is 4.20. The molecule has 12 heavy (non-hydrogen) atoms. The molecule has 1 fully saturated rings. The van der Waals surface area contributed by atoms with Crippen LogP contribution >= 0.6 is 15.9 Å². The lowest BCUT2D eigenvalue weighted by Crippen LogP contribution is -2.12. The molecule has 1 atom stereocenters. The lowest BCUT2D eigenvalue weighted by molar-refractivity contribution is 0.641. The fraction of sp³-hybridized carbons (Fsp3) is 0.625. The van der Waals surface area contributed by atoms with Gasteiger partial charge in [0.15, 0.2) is 0 Å². The number of hydrogen-bond donors (Lipinski definition) is 1. The van der Waals surface area contributed by atoms with E-state index in [1.54, 1.807) is 0 Å². The van der Waals surface area contributed by atoms with Crippen molar-refractivity contribution in [3.05, 3.63) is 16.4 Å². The van der Waals surface area contributed by atoms with Crippen molar-refractivity contribution >= 4 is 15.9 Å². The Morgan fingerprint density at radius 1 is 1.75 bits per heavy atom. The van der Waals surface area contributed by atoms with E-state index in [1.165, 1.54) is 18.4 Å². The van der Waals surface area contributed by atoms with Gasteiger partial charge in [-0.2, -0.15) is 5.10 Å². The van der Waals surface area contributed by atoms with E-state index in [-0.39, 0.29) is 0 Å². The maximum Gasteiger partial charge on any atom is 0.108 e. The van der Waals surface area contributed by atoms with E-state index in [0.717, 1.165) is 11.1 Å². The van der Waals surface area contributed by atoms with Gasteiger partial charge in [0.05, 0.1) is 6.20 Å². The Balaban J connectivity index is 2.26. The van der Waals surface area contributed by atoms with Crippen molar-refractivity contribution in [2.24, 2.45) is 7.05 Å². The number of aromatic nitrogens is 2. The van der Waals surface area contributed by atoms with Crippen molar-refractivity contribution in [1.82, 2.24) is 15.1 Å². The summed E-state index contributed by atoms with van der Waals surface area (Å²) in [6, 6.07) is 0.507. The number of nitrogens with one attached hydrogen (secondary N) is 1. The Morgan fingerprint density at radius 2 is 2.58 bits per heavy atom. The number of hydrogen-bond acceptors (Lipinski definition) is 2. The van der Waals surface area contributed by atoms with Gasteiger partial charge in [0.25, 0.3) is 0 Å². The van der Waals surface area contributed by atoms with Crippen molar-refractivity contribution in [1.29, 1.82) is 0 Å². The third-order valence-electron chi connectivity index (χ3n) is 2.33. The van der Waals surface area contributed by atoms with Crippen LogP contribution in [0.15, 0.2) is 10.8 Å². The Labute approximate surface area is 80.3 Å². The van der Waals surface area contributed by atoms with Gasteiger partial charge in [-0.05, 0) is 35.3 Å². The lowest BCUT2D eigenvalue weighted by atomic mass is 10.1. The van der Waals surface area contributed by atoms with Gasteiger partial charge in [-0.1, -0.05) is 0 Å². The monoisotopic (exact) mass is 229 g/mol. The molecule has 2 heterocycles. The first-order chi connectivity index (χ1) is 5.79. The van der Waals surface area contributed by atoms with Gasteiger partial charge in [-0.25, -0.2) is 0 Å². The molecule has 1 aromatic heterocycles. The Kier molecular flexibility index (Phi) is 2.19. The molecule has 1 aliphatic rings. The summed E-state index contributed by atoms with van der Waals surface area (Å²) >= 11 is 3.52. The average Bonchev–Trinajstić information content (AvgIpc) is 2.64. The maximum absolute atomic E-state index is 4.19. The number of aryl methyl sites for hydroxylation is 1. The van der Waals surface area contributed by atoms with Crippen LogP contribution in [0, 0.1) is 0 Å². The molecule has 1 unspecified atom stereocenters. The summed E-state index contributed by atoms with van der Waals surface area (Å²) in [6.07, 6.45) is 4.43. The van der Waals surface area contributed by atoms with E-state index < -0.39 is 0 Å². The second-order valence-electron chi connectivity index (χ2n) is 3.16. The molecule has 4 heteroatoms. The second-order valence-corrected chi connectivity index (χ2v) is 3.91. The molecular weight excluding hydrogens is 218 g/mol. The standard InChI is InChI=1S/C8H12BrN3/c1-12-8(9)6(5-11-12)7-3-2-4-10-7/h5,7,10H,2-4H2,1H3. The molecular formula is C8H12BrN3. The highest BCUT2D eigenvalue weighted by atomic mass is 79.9. The molecule has 1 N–H and O–H groups in total. The van der Waals surface area contributed by atoms with Crippen LogP contribution in [0.2, 0.25) is 0 Å². The van der Waals surface area contributed by atoms with Crippen molar-refractivity contribution in [3.63, 3.8) is 0 Å². The summed E-state index contributed by atoms with van der Waals surface area (Å²) in [6.45, 7) is 1.13. The first kappa shape index (κ1) is 8.26. The van der Waals surface area contributed by atoms with E-state index in [0.29, 0.717) is 6.04 Å². The maximum atomic E-state index is 4.19. The van der Waals surface area contributed by atoms with Crippen molar-refractivity contribution in [2.75, 3.05) is 6.54 Å². The molecule has 0 radical (unpaired) electrons. The zero-order valence-corrected chi connectivity index (χ0v) is 8.63. The fourth-order valence-electron chi connectivity index (χ4n) is 1.62. The molecule has 0 bridgehead atoms. The highest BCUT2D eigenvalue weighted by Crippen LogP contribution is 2.28. The topological polar surface area (TPSA) is 29.9 Å². The molecule has 66 valence electrons.